The summed E-state index contributed by atoms with van der Waals surface area (Å²) in [5.74, 6) is 0.783. The number of hydrogen-bond acceptors (Lipinski definition) is 0. The molecule has 2 atom stereocenters. The van der Waals surface area contributed by atoms with E-state index in [0.717, 1.165) is 25.1 Å². The molecule has 140 valence electrons. The standard InChI is InChI=1S/C20H39Cl3/c1-2-3-4-5-6-9-14-19(22)15-10-7-11-16-20(23)17-12-8-13-18-21/h19-20H,2-18H2,1H3. The van der Waals surface area contributed by atoms with Gasteiger partial charge in [0.1, 0.15) is 0 Å². The molecule has 0 nitrogen and oxygen atoms in total. The highest BCUT2D eigenvalue weighted by Crippen LogP contribution is 2.20. The summed E-state index contributed by atoms with van der Waals surface area (Å²) in [6.07, 6.45) is 20.2. The summed E-state index contributed by atoms with van der Waals surface area (Å²) >= 11 is 18.5. The summed E-state index contributed by atoms with van der Waals surface area (Å²) in [7, 11) is 0. The summed E-state index contributed by atoms with van der Waals surface area (Å²) in [5, 5.41) is 0.753. The quantitative estimate of drug-likeness (QED) is 0.163. The van der Waals surface area contributed by atoms with Crippen LogP contribution >= 0.6 is 34.8 Å². The van der Waals surface area contributed by atoms with Crippen LogP contribution in [0.25, 0.3) is 0 Å². The molecule has 0 aromatic heterocycles. The molecule has 0 amide bonds. The SMILES string of the molecule is CCCCCCCCC(Cl)CCCCCC(Cl)CCCCCCl. The van der Waals surface area contributed by atoms with Gasteiger partial charge in [-0.25, -0.2) is 0 Å². The molecule has 0 aromatic carbocycles. The average Bonchev–Trinajstić information content (AvgIpc) is 2.54. The number of alkyl halides is 3. The number of hydrogen-bond donors (Lipinski definition) is 0. The Hall–Kier alpha value is 0.870. The van der Waals surface area contributed by atoms with Gasteiger partial charge in [0.15, 0.2) is 0 Å². The molecule has 0 radical (unpaired) electrons. The molecule has 0 N–H and O–H groups in total. The van der Waals surface area contributed by atoms with E-state index in [4.69, 9.17) is 34.8 Å². The largest absolute Gasteiger partial charge is 0.127 e. The minimum atomic E-state index is 0.361. The Balaban J connectivity index is 3.26. The normalized spacial score (nSPS) is 14.1. The second kappa shape index (κ2) is 19.2. The molecule has 23 heavy (non-hydrogen) atoms. The summed E-state index contributed by atoms with van der Waals surface area (Å²) in [6, 6.07) is 0. The zero-order valence-corrected chi connectivity index (χ0v) is 17.6. The minimum absolute atomic E-state index is 0.361. The molecule has 0 heterocycles. The average molecular weight is 386 g/mol. The lowest BCUT2D eigenvalue weighted by Gasteiger charge is -2.11. The Kier molecular flexibility index (Phi) is 19.9. The first kappa shape index (κ1) is 23.9. The zero-order valence-electron chi connectivity index (χ0n) is 15.3. The van der Waals surface area contributed by atoms with E-state index in [0.29, 0.717) is 10.8 Å². The first-order valence-corrected chi connectivity index (χ1v) is 11.5. The maximum absolute atomic E-state index is 6.42. The molecule has 2 unspecified atom stereocenters. The Labute approximate surface area is 161 Å². The summed E-state index contributed by atoms with van der Waals surface area (Å²) in [5.41, 5.74) is 0. The van der Waals surface area contributed by atoms with Crippen LogP contribution in [0.4, 0.5) is 0 Å². The molecule has 0 spiro atoms. The fourth-order valence-electron chi connectivity index (χ4n) is 2.98. The van der Waals surface area contributed by atoms with Crippen molar-refractivity contribution in [2.75, 3.05) is 5.88 Å². The van der Waals surface area contributed by atoms with Crippen molar-refractivity contribution >= 4 is 34.8 Å². The molecule has 0 rings (SSSR count). The van der Waals surface area contributed by atoms with Crippen LogP contribution in [0.15, 0.2) is 0 Å². The van der Waals surface area contributed by atoms with Crippen LogP contribution in [-0.4, -0.2) is 16.6 Å². The Bertz CT molecular complexity index is 221. The lowest BCUT2D eigenvalue weighted by atomic mass is 10.0. The Morgan fingerprint density at radius 1 is 0.522 bits per heavy atom. The van der Waals surface area contributed by atoms with E-state index in [1.54, 1.807) is 0 Å². The molecule has 0 aromatic rings. The second-order valence-electron chi connectivity index (χ2n) is 6.93. The first-order chi connectivity index (χ1) is 11.2. The third-order valence-corrected chi connectivity index (χ3v) is 5.70. The van der Waals surface area contributed by atoms with Crippen molar-refractivity contribution in [2.24, 2.45) is 0 Å². The van der Waals surface area contributed by atoms with Gasteiger partial charge in [-0.2, -0.15) is 0 Å². The molecule has 0 aliphatic carbocycles. The number of halogens is 3. The van der Waals surface area contributed by atoms with E-state index >= 15 is 0 Å². The van der Waals surface area contributed by atoms with Crippen LogP contribution in [0.2, 0.25) is 0 Å². The summed E-state index contributed by atoms with van der Waals surface area (Å²) < 4.78 is 0. The fraction of sp³-hybridized carbons (Fsp3) is 1.00. The Morgan fingerprint density at radius 2 is 0.870 bits per heavy atom. The molecule has 0 aliphatic rings. The molecule has 0 bridgehead atoms. The highest BCUT2D eigenvalue weighted by atomic mass is 35.5. The van der Waals surface area contributed by atoms with Crippen molar-refractivity contribution < 1.29 is 0 Å². The third-order valence-electron chi connectivity index (χ3n) is 4.56. The van der Waals surface area contributed by atoms with Gasteiger partial charge in [-0.15, -0.1) is 34.8 Å². The highest BCUT2D eigenvalue weighted by molar-refractivity contribution is 6.20. The van der Waals surface area contributed by atoms with Crippen molar-refractivity contribution in [1.82, 2.24) is 0 Å². The lowest BCUT2D eigenvalue weighted by molar-refractivity contribution is 0.532. The second-order valence-corrected chi connectivity index (χ2v) is 8.54. The van der Waals surface area contributed by atoms with Gasteiger partial charge >= 0.3 is 0 Å². The monoisotopic (exact) mass is 384 g/mol. The number of unbranched alkanes of at least 4 members (excludes halogenated alkanes) is 9. The topological polar surface area (TPSA) is 0 Å². The molecule has 0 saturated heterocycles. The van der Waals surface area contributed by atoms with Crippen LogP contribution in [0.1, 0.15) is 110 Å². The van der Waals surface area contributed by atoms with E-state index in [9.17, 15) is 0 Å². The van der Waals surface area contributed by atoms with Crippen molar-refractivity contribution in [3.63, 3.8) is 0 Å². The van der Waals surface area contributed by atoms with Crippen LogP contribution in [0.5, 0.6) is 0 Å². The maximum atomic E-state index is 6.42. The molecule has 3 heteroatoms. The zero-order chi connectivity index (χ0) is 17.2. The molecular weight excluding hydrogens is 347 g/mol. The highest BCUT2D eigenvalue weighted by Gasteiger charge is 2.06. The van der Waals surface area contributed by atoms with Crippen LogP contribution in [-0.2, 0) is 0 Å². The van der Waals surface area contributed by atoms with Crippen LogP contribution in [0, 0.1) is 0 Å². The molecule has 0 saturated carbocycles. The van der Waals surface area contributed by atoms with Crippen LogP contribution in [0.3, 0.4) is 0 Å². The van der Waals surface area contributed by atoms with E-state index in [1.807, 2.05) is 0 Å². The van der Waals surface area contributed by atoms with Gasteiger partial charge in [0.05, 0.1) is 0 Å². The van der Waals surface area contributed by atoms with Gasteiger partial charge in [0.25, 0.3) is 0 Å². The fourth-order valence-corrected chi connectivity index (χ4v) is 3.79. The van der Waals surface area contributed by atoms with Crippen molar-refractivity contribution in [1.29, 1.82) is 0 Å². The van der Waals surface area contributed by atoms with Crippen molar-refractivity contribution in [3.8, 4) is 0 Å². The van der Waals surface area contributed by atoms with Gasteiger partial charge < -0.3 is 0 Å². The lowest BCUT2D eigenvalue weighted by Crippen LogP contribution is -2.01. The van der Waals surface area contributed by atoms with E-state index < -0.39 is 0 Å². The molecule has 0 aliphatic heterocycles. The predicted molar refractivity (Wildman–Crippen MR) is 110 cm³/mol. The van der Waals surface area contributed by atoms with Crippen molar-refractivity contribution in [3.05, 3.63) is 0 Å². The van der Waals surface area contributed by atoms with E-state index in [1.165, 1.54) is 83.5 Å². The minimum Gasteiger partial charge on any atom is -0.127 e. The van der Waals surface area contributed by atoms with E-state index in [-0.39, 0.29) is 0 Å². The van der Waals surface area contributed by atoms with Gasteiger partial charge in [0, 0.05) is 16.6 Å². The van der Waals surface area contributed by atoms with Gasteiger partial charge in [-0.3, -0.25) is 0 Å². The first-order valence-electron chi connectivity index (χ1n) is 10.0. The third kappa shape index (κ3) is 19.0. The predicted octanol–water partition coefficient (Wildman–Crippen LogP) is 8.70. The molecule has 0 fully saturated rings. The van der Waals surface area contributed by atoms with Crippen LogP contribution < -0.4 is 0 Å². The molecular formula is C20H39Cl3. The maximum Gasteiger partial charge on any atom is 0.0336 e. The van der Waals surface area contributed by atoms with Gasteiger partial charge in [-0.05, 0) is 32.1 Å². The van der Waals surface area contributed by atoms with Crippen molar-refractivity contribution in [2.45, 2.75) is 120 Å². The Morgan fingerprint density at radius 3 is 1.30 bits per heavy atom. The van der Waals surface area contributed by atoms with Gasteiger partial charge in [0.2, 0.25) is 0 Å². The number of rotatable bonds is 18. The van der Waals surface area contributed by atoms with E-state index in [2.05, 4.69) is 6.92 Å². The summed E-state index contributed by atoms with van der Waals surface area (Å²) in [6.45, 7) is 2.27. The smallest absolute Gasteiger partial charge is 0.0336 e. The van der Waals surface area contributed by atoms with Gasteiger partial charge in [-0.1, -0.05) is 77.6 Å². The summed E-state index contributed by atoms with van der Waals surface area (Å²) in [4.78, 5) is 0.